The highest BCUT2D eigenvalue weighted by atomic mass is 16.4. The normalized spacial score (nSPS) is 15.3. The Hall–Kier alpha value is -3.59. The van der Waals surface area contributed by atoms with E-state index in [0.717, 1.165) is 23.4 Å². The van der Waals surface area contributed by atoms with Gasteiger partial charge in [-0.2, -0.15) is 0 Å². The lowest BCUT2D eigenvalue weighted by atomic mass is 9.89. The molecule has 2 heterocycles. The van der Waals surface area contributed by atoms with Gasteiger partial charge in [0.15, 0.2) is 5.76 Å². The van der Waals surface area contributed by atoms with Crippen LogP contribution in [0.15, 0.2) is 89.3 Å². The van der Waals surface area contributed by atoms with Gasteiger partial charge in [-0.15, -0.1) is 0 Å². The SMILES string of the molecule is CC1Cc2c(c3ccccc3n2-c2ccccc2)-c2oc(-c3ccccc3)nc21. The van der Waals surface area contributed by atoms with Gasteiger partial charge in [-0.05, 0) is 36.8 Å². The first kappa shape index (κ1) is 16.4. The Morgan fingerprint density at radius 2 is 1.55 bits per heavy atom. The van der Waals surface area contributed by atoms with Crippen LogP contribution in [-0.4, -0.2) is 9.55 Å². The van der Waals surface area contributed by atoms with E-state index in [4.69, 9.17) is 9.40 Å². The highest BCUT2D eigenvalue weighted by Gasteiger charge is 2.33. The summed E-state index contributed by atoms with van der Waals surface area (Å²) in [5, 5.41) is 1.22. The number of benzene rings is 3. The maximum absolute atomic E-state index is 6.42. The van der Waals surface area contributed by atoms with Gasteiger partial charge in [-0.3, -0.25) is 0 Å². The molecule has 0 fully saturated rings. The Morgan fingerprint density at radius 1 is 0.862 bits per heavy atom. The second-order valence-electron chi connectivity index (χ2n) is 7.71. The first-order valence-electron chi connectivity index (χ1n) is 10.1. The number of hydrogen-bond donors (Lipinski definition) is 0. The zero-order valence-corrected chi connectivity index (χ0v) is 16.2. The van der Waals surface area contributed by atoms with Crippen molar-refractivity contribution in [2.45, 2.75) is 19.3 Å². The largest absolute Gasteiger partial charge is 0.436 e. The molecule has 0 N–H and O–H groups in total. The van der Waals surface area contributed by atoms with Gasteiger partial charge in [0, 0.05) is 33.8 Å². The number of para-hydroxylation sites is 2. The summed E-state index contributed by atoms with van der Waals surface area (Å²) in [5.74, 6) is 1.92. The van der Waals surface area contributed by atoms with E-state index in [1.807, 2.05) is 18.2 Å². The van der Waals surface area contributed by atoms with Crippen LogP contribution < -0.4 is 0 Å². The molecule has 0 radical (unpaired) electrons. The summed E-state index contributed by atoms with van der Waals surface area (Å²) in [6.07, 6.45) is 0.937. The minimum Gasteiger partial charge on any atom is -0.436 e. The molecule has 0 amide bonds. The van der Waals surface area contributed by atoms with Gasteiger partial charge in [0.05, 0.1) is 11.2 Å². The lowest BCUT2D eigenvalue weighted by molar-refractivity contribution is 0.578. The predicted molar refractivity (Wildman–Crippen MR) is 116 cm³/mol. The smallest absolute Gasteiger partial charge is 0.227 e. The number of oxazole rings is 1. The highest BCUT2D eigenvalue weighted by Crippen LogP contribution is 2.47. The summed E-state index contributed by atoms with van der Waals surface area (Å²) in [6, 6.07) is 29.3. The van der Waals surface area contributed by atoms with E-state index in [1.54, 1.807) is 0 Å². The van der Waals surface area contributed by atoms with E-state index >= 15 is 0 Å². The number of rotatable bonds is 2. The molecule has 0 spiro atoms. The number of fused-ring (bicyclic) bond motifs is 5. The zero-order chi connectivity index (χ0) is 19.4. The molecule has 1 aliphatic carbocycles. The second-order valence-corrected chi connectivity index (χ2v) is 7.71. The van der Waals surface area contributed by atoms with Crippen LogP contribution in [0.4, 0.5) is 0 Å². The van der Waals surface area contributed by atoms with Crippen LogP contribution in [0.1, 0.15) is 24.2 Å². The van der Waals surface area contributed by atoms with E-state index in [1.165, 1.54) is 27.8 Å². The molecule has 0 bridgehead atoms. The number of nitrogens with zero attached hydrogens (tertiary/aromatic N) is 2. The molecule has 0 aliphatic heterocycles. The van der Waals surface area contributed by atoms with Crippen LogP contribution in [0.3, 0.4) is 0 Å². The van der Waals surface area contributed by atoms with E-state index in [2.05, 4.69) is 78.2 Å². The monoisotopic (exact) mass is 376 g/mol. The first-order chi connectivity index (χ1) is 14.3. The third-order valence-electron chi connectivity index (χ3n) is 5.85. The Labute approximate surface area is 169 Å². The minimum atomic E-state index is 0.297. The molecule has 0 saturated carbocycles. The van der Waals surface area contributed by atoms with Crippen molar-refractivity contribution in [1.29, 1.82) is 0 Å². The fourth-order valence-corrected chi connectivity index (χ4v) is 4.55. The molecule has 5 aromatic rings. The second kappa shape index (κ2) is 6.21. The fourth-order valence-electron chi connectivity index (χ4n) is 4.55. The molecular formula is C26H20N2O. The molecule has 3 aromatic carbocycles. The van der Waals surface area contributed by atoms with Gasteiger partial charge >= 0.3 is 0 Å². The van der Waals surface area contributed by atoms with E-state index in [9.17, 15) is 0 Å². The molecule has 3 heteroatoms. The standard InChI is InChI=1S/C26H20N2O/c1-17-16-22-23(25-24(17)27-26(29-25)18-10-4-2-5-11-18)20-14-8-9-15-21(20)28(22)19-12-6-3-7-13-19/h2-15,17H,16H2,1H3. The first-order valence-corrected chi connectivity index (χ1v) is 10.1. The lowest BCUT2D eigenvalue weighted by Gasteiger charge is -2.20. The Bertz CT molecular complexity index is 1330. The van der Waals surface area contributed by atoms with E-state index in [0.29, 0.717) is 11.8 Å². The van der Waals surface area contributed by atoms with Crippen LogP contribution in [0.5, 0.6) is 0 Å². The van der Waals surface area contributed by atoms with Crippen molar-refractivity contribution in [3.8, 4) is 28.5 Å². The molecular weight excluding hydrogens is 356 g/mol. The zero-order valence-electron chi connectivity index (χ0n) is 16.2. The highest BCUT2D eigenvalue weighted by molar-refractivity contribution is 5.99. The summed E-state index contributed by atoms with van der Waals surface area (Å²) < 4.78 is 8.81. The van der Waals surface area contributed by atoms with Gasteiger partial charge in [-0.1, -0.05) is 61.5 Å². The molecule has 1 aliphatic rings. The topological polar surface area (TPSA) is 31.0 Å². The van der Waals surface area contributed by atoms with Crippen molar-refractivity contribution in [3.63, 3.8) is 0 Å². The van der Waals surface area contributed by atoms with Gasteiger partial charge < -0.3 is 8.98 Å². The van der Waals surface area contributed by atoms with Crippen LogP contribution in [0.2, 0.25) is 0 Å². The average molecular weight is 376 g/mol. The molecule has 3 nitrogen and oxygen atoms in total. The summed E-state index contributed by atoms with van der Waals surface area (Å²) in [6.45, 7) is 2.24. The van der Waals surface area contributed by atoms with Crippen molar-refractivity contribution in [2.75, 3.05) is 0 Å². The lowest BCUT2D eigenvalue weighted by Crippen LogP contribution is -2.11. The quantitative estimate of drug-likeness (QED) is 0.347. The van der Waals surface area contributed by atoms with Gasteiger partial charge in [0.25, 0.3) is 0 Å². The van der Waals surface area contributed by atoms with Crippen LogP contribution >= 0.6 is 0 Å². The van der Waals surface area contributed by atoms with Crippen molar-refractivity contribution in [2.24, 2.45) is 0 Å². The van der Waals surface area contributed by atoms with Gasteiger partial charge in [0.2, 0.25) is 5.89 Å². The average Bonchev–Trinajstić information content (AvgIpc) is 3.35. The van der Waals surface area contributed by atoms with Crippen molar-refractivity contribution < 1.29 is 4.42 Å². The van der Waals surface area contributed by atoms with Crippen LogP contribution in [-0.2, 0) is 6.42 Å². The van der Waals surface area contributed by atoms with Crippen LogP contribution in [0, 0.1) is 0 Å². The van der Waals surface area contributed by atoms with Crippen molar-refractivity contribution in [1.82, 2.24) is 9.55 Å². The van der Waals surface area contributed by atoms with Crippen molar-refractivity contribution in [3.05, 3.63) is 96.3 Å². The molecule has 2 aromatic heterocycles. The Morgan fingerprint density at radius 3 is 2.34 bits per heavy atom. The predicted octanol–water partition coefficient (Wildman–Crippen LogP) is 6.61. The molecule has 1 atom stereocenters. The molecule has 6 rings (SSSR count). The third-order valence-corrected chi connectivity index (χ3v) is 5.85. The molecule has 1 unspecified atom stereocenters. The minimum absolute atomic E-state index is 0.297. The Kier molecular flexibility index (Phi) is 3.51. The van der Waals surface area contributed by atoms with E-state index in [-0.39, 0.29) is 0 Å². The Balaban J connectivity index is 1.66. The molecule has 0 saturated heterocycles. The van der Waals surface area contributed by atoms with Gasteiger partial charge in [0.1, 0.15) is 0 Å². The van der Waals surface area contributed by atoms with Crippen molar-refractivity contribution >= 4 is 10.9 Å². The van der Waals surface area contributed by atoms with Crippen LogP contribution in [0.25, 0.3) is 39.4 Å². The third kappa shape index (κ3) is 2.40. The fraction of sp³-hybridized carbons (Fsp3) is 0.115. The molecule has 140 valence electrons. The summed E-state index contributed by atoms with van der Waals surface area (Å²) in [7, 11) is 0. The van der Waals surface area contributed by atoms with Gasteiger partial charge in [-0.25, -0.2) is 4.98 Å². The number of aromatic nitrogens is 2. The number of hydrogen-bond acceptors (Lipinski definition) is 2. The maximum atomic E-state index is 6.42. The van der Waals surface area contributed by atoms with E-state index < -0.39 is 0 Å². The summed E-state index contributed by atoms with van der Waals surface area (Å²) in [5.41, 5.74) is 6.96. The summed E-state index contributed by atoms with van der Waals surface area (Å²) in [4.78, 5) is 4.91. The summed E-state index contributed by atoms with van der Waals surface area (Å²) >= 11 is 0. The maximum Gasteiger partial charge on any atom is 0.227 e. The molecule has 29 heavy (non-hydrogen) atoms.